The van der Waals surface area contributed by atoms with Crippen molar-refractivity contribution in [1.29, 1.82) is 0 Å². The number of rotatable bonds is 4. The number of primary amides is 1. The molecule has 1 saturated carbocycles. The lowest BCUT2D eigenvalue weighted by Crippen LogP contribution is -2.27. The summed E-state index contributed by atoms with van der Waals surface area (Å²) in [6.07, 6.45) is 2.20. The van der Waals surface area contributed by atoms with Gasteiger partial charge in [0.15, 0.2) is 11.3 Å². The molecule has 0 saturated heterocycles. The Hall–Kier alpha value is -4.20. The third kappa shape index (κ3) is 3.66. The van der Waals surface area contributed by atoms with Gasteiger partial charge in [-0.05, 0) is 56.4 Å². The summed E-state index contributed by atoms with van der Waals surface area (Å²) in [6, 6.07) is 9.30. The molecule has 1 unspecified atom stereocenters. The minimum atomic E-state index is -1.50. The summed E-state index contributed by atoms with van der Waals surface area (Å²) in [5.41, 5.74) is 8.16. The fourth-order valence-electron chi connectivity index (χ4n) is 5.33. The van der Waals surface area contributed by atoms with Crippen LogP contribution < -0.4 is 5.73 Å². The third-order valence-electron chi connectivity index (χ3n) is 7.37. The maximum Gasteiger partial charge on any atom is 0.269 e. The van der Waals surface area contributed by atoms with E-state index in [1.54, 1.807) is 43.9 Å². The van der Waals surface area contributed by atoms with E-state index in [1.807, 2.05) is 22.8 Å². The standard InChI is InChI=1S/C27H26N6O4/c1-14-10-21(31-37-14)27(2,36)8-6-15-4-5-18-16-12-17(13-16)33-23(24(34)20-7-9-29-32(20)3)22(25(28)35)30-26(33)19(18)11-15/h4-5,7,9-11,16-17,24,34,36H,12-13H2,1-3H3,(H2,28,35)/t16?,17?,24-,27?/m0/s1. The van der Waals surface area contributed by atoms with E-state index in [4.69, 9.17) is 10.3 Å². The molecule has 1 aliphatic carbocycles. The van der Waals surface area contributed by atoms with Gasteiger partial charge in [-0.3, -0.25) is 9.48 Å². The SMILES string of the molecule is Cc1cc(C(C)(O)C#Cc2ccc3c(c2)-c2nc(C(N)=O)c([C@@H](O)c4ccnn4C)n2C2CC3C2)no1. The number of aliphatic hydroxyl groups is 2. The van der Waals surface area contributed by atoms with Crippen molar-refractivity contribution >= 4 is 5.91 Å². The number of imidazole rings is 1. The van der Waals surface area contributed by atoms with Crippen LogP contribution in [0.4, 0.5) is 0 Å². The average Bonchev–Trinajstić information content (AvgIpc) is 3.53. The van der Waals surface area contributed by atoms with Crippen molar-refractivity contribution < 1.29 is 19.5 Å². The molecule has 5 heterocycles. The molecule has 10 heteroatoms. The van der Waals surface area contributed by atoms with Gasteiger partial charge in [-0.25, -0.2) is 4.98 Å². The molecule has 1 amide bonds. The highest BCUT2D eigenvalue weighted by Crippen LogP contribution is 2.53. The van der Waals surface area contributed by atoms with Gasteiger partial charge in [0.25, 0.3) is 5.91 Å². The maximum absolute atomic E-state index is 12.5. The minimum Gasteiger partial charge on any atom is -0.380 e. The molecule has 0 spiro atoms. The Morgan fingerprint density at radius 3 is 2.73 bits per heavy atom. The maximum atomic E-state index is 12.5. The zero-order valence-electron chi connectivity index (χ0n) is 20.6. The highest BCUT2D eigenvalue weighted by Gasteiger charge is 2.42. The molecule has 2 bridgehead atoms. The number of amides is 1. The first-order valence-electron chi connectivity index (χ1n) is 12.1. The normalized spacial score (nSPS) is 19.9. The smallest absolute Gasteiger partial charge is 0.269 e. The van der Waals surface area contributed by atoms with E-state index in [1.165, 1.54) is 0 Å². The van der Waals surface area contributed by atoms with Gasteiger partial charge in [-0.2, -0.15) is 5.10 Å². The summed E-state index contributed by atoms with van der Waals surface area (Å²) in [5.74, 6) is 6.72. The van der Waals surface area contributed by atoms with Crippen LogP contribution in [0.25, 0.3) is 11.4 Å². The van der Waals surface area contributed by atoms with Crippen molar-refractivity contribution in [2.45, 2.75) is 50.4 Å². The highest BCUT2D eigenvalue weighted by atomic mass is 16.5. The van der Waals surface area contributed by atoms with Gasteiger partial charge < -0.3 is 25.0 Å². The molecule has 4 N–H and O–H groups in total. The molecule has 1 aromatic carbocycles. The van der Waals surface area contributed by atoms with Crippen molar-refractivity contribution in [3.8, 4) is 23.2 Å². The predicted octanol–water partition coefficient (Wildman–Crippen LogP) is 2.45. The number of aryl methyl sites for hydroxylation is 2. The molecule has 37 heavy (non-hydrogen) atoms. The van der Waals surface area contributed by atoms with Gasteiger partial charge in [-0.1, -0.05) is 23.1 Å². The average molecular weight is 499 g/mol. The van der Waals surface area contributed by atoms with E-state index in [9.17, 15) is 15.0 Å². The van der Waals surface area contributed by atoms with Crippen LogP contribution in [0.1, 0.15) is 82.3 Å². The Morgan fingerprint density at radius 1 is 1.30 bits per heavy atom. The molecule has 7 rings (SSSR count). The second kappa shape index (κ2) is 8.16. The summed E-state index contributed by atoms with van der Waals surface area (Å²) < 4.78 is 8.61. The fraction of sp³-hybridized carbons (Fsp3) is 0.333. The number of hydrogen-bond acceptors (Lipinski definition) is 7. The summed E-state index contributed by atoms with van der Waals surface area (Å²) in [7, 11) is 1.73. The Bertz CT molecular complexity index is 1610. The lowest BCUT2D eigenvalue weighted by molar-refractivity contribution is 0.0988. The van der Waals surface area contributed by atoms with Crippen molar-refractivity contribution in [2.75, 3.05) is 0 Å². The van der Waals surface area contributed by atoms with Crippen LogP contribution in [0.15, 0.2) is 41.1 Å². The summed E-state index contributed by atoms with van der Waals surface area (Å²) >= 11 is 0. The zero-order chi connectivity index (χ0) is 26.1. The number of aromatic nitrogens is 5. The van der Waals surface area contributed by atoms with Crippen LogP contribution in [0.2, 0.25) is 0 Å². The number of nitrogens with two attached hydrogens (primary N) is 1. The van der Waals surface area contributed by atoms with Gasteiger partial charge in [-0.15, -0.1) is 0 Å². The van der Waals surface area contributed by atoms with Gasteiger partial charge in [0.05, 0.1) is 11.4 Å². The number of carbonyl (C=O) groups is 1. The summed E-state index contributed by atoms with van der Waals surface area (Å²) in [4.78, 5) is 17.1. The van der Waals surface area contributed by atoms with Gasteiger partial charge >= 0.3 is 0 Å². The number of nitrogens with zero attached hydrogens (tertiary/aromatic N) is 5. The lowest BCUT2D eigenvalue weighted by Gasteiger charge is -2.36. The Balaban J connectivity index is 1.48. The van der Waals surface area contributed by atoms with E-state index >= 15 is 0 Å². The molecule has 1 fully saturated rings. The topological polar surface area (TPSA) is 145 Å². The molecule has 3 aromatic heterocycles. The molecule has 0 radical (unpaired) electrons. The molecule has 2 atom stereocenters. The molecular formula is C27H26N6O4. The molecule has 3 aliphatic rings. The first-order valence-corrected chi connectivity index (χ1v) is 12.1. The van der Waals surface area contributed by atoms with Crippen LogP contribution in [-0.2, 0) is 12.6 Å². The number of carbonyl (C=O) groups excluding carboxylic acids is 1. The Morgan fingerprint density at radius 2 is 2.08 bits per heavy atom. The first kappa shape index (κ1) is 23.2. The van der Waals surface area contributed by atoms with Crippen LogP contribution in [0.5, 0.6) is 0 Å². The van der Waals surface area contributed by atoms with Gasteiger partial charge in [0.1, 0.15) is 23.4 Å². The van der Waals surface area contributed by atoms with E-state index in [-0.39, 0.29) is 11.7 Å². The predicted molar refractivity (Wildman–Crippen MR) is 132 cm³/mol. The molecule has 10 nitrogen and oxygen atoms in total. The first-order chi connectivity index (χ1) is 17.6. The Labute approximate surface area is 212 Å². The molecule has 188 valence electrons. The van der Waals surface area contributed by atoms with Crippen LogP contribution in [-0.4, -0.2) is 40.6 Å². The monoisotopic (exact) mass is 498 g/mol. The molecular weight excluding hydrogens is 472 g/mol. The van der Waals surface area contributed by atoms with Crippen LogP contribution in [0, 0.1) is 18.8 Å². The number of benzene rings is 1. The summed E-state index contributed by atoms with van der Waals surface area (Å²) in [5, 5.41) is 30.2. The minimum absolute atomic E-state index is 0.0424. The second-order valence-electron chi connectivity index (χ2n) is 9.95. The number of aliphatic hydroxyl groups excluding tert-OH is 1. The lowest BCUT2D eigenvalue weighted by atomic mass is 9.75. The fourth-order valence-corrected chi connectivity index (χ4v) is 5.33. The van der Waals surface area contributed by atoms with Crippen molar-refractivity contribution in [3.05, 3.63) is 76.2 Å². The van der Waals surface area contributed by atoms with Crippen molar-refractivity contribution in [2.24, 2.45) is 12.8 Å². The summed E-state index contributed by atoms with van der Waals surface area (Å²) in [6.45, 7) is 3.31. The van der Waals surface area contributed by atoms with Crippen molar-refractivity contribution in [1.82, 2.24) is 24.5 Å². The van der Waals surface area contributed by atoms with E-state index in [2.05, 4.69) is 27.1 Å². The van der Waals surface area contributed by atoms with Gasteiger partial charge in [0.2, 0.25) is 0 Å². The van der Waals surface area contributed by atoms with Gasteiger partial charge in [0, 0.05) is 36.5 Å². The second-order valence-corrected chi connectivity index (χ2v) is 9.95. The van der Waals surface area contributed by atoms with Crippen LogP contribution >= 0.6 is 0 Å². The van der Waals surface area contributed by atoms with E-state index in [0.717, 1.165) is 24.0 Å². The van der Waals surface area contributed by atoms with Crippen molar-refractivity contribution in [3.63, 3.8) is 0 Å². The van der Waals surface area contributed by atoms with Crippen LogP contribution in [0.3, 0.4) is 0 Å². The zero-order valence-corrected chi connectivity index (χ0v) is 20.6. The molecule has 2 aliphatic heterocycles. The number of hydrogen-bond donors (Lipinski definition) is 3. The van der Waals surface area contributed by atoms with E-state index in [0.29, 0.717) is 40.1 Å². The highest BCUT2D eigenvalue weighted by molar-refractivity contribution is 5.93. The quantitative estimate of drug-likeness (QED) is 0.367. The third-order valence-corrected chi connectivity index (χ3v) is 7.37. The molecule has 4 aromatic rings. The largest absolute Gasteiger partial charge is 0.380 e. The van der Waals surface area contributed by atoms with E-state index < -0.39 is 17.6 Å². The Kier molecular flexibility index (Phi) is 5.12.